The second-order valence-corrected chi connectivity index (χ2v) is 6.81. The van der Waals surface area contributed by atoms with Crippen LogP contribution in [0.5, 0.6) is 0 Å². The summed E-state index contributed by atoms with van der Waals surface area (Å²) in [6.45, 7) is 2.59. The van der Waals surface area contributed by atoms with E-state index in [1.54, 1.807) is 0 Å². The molecule has 0 radical (unpaired) electrons. The maximum atomic E-state index is 10.8. The van der Waals surface area contributed by atoms with E-state index >= 15 is 0 Å². The molecule has 2 N–H and O–H groups in total. The second kappa shape index (κ2) is 19.5. The fourth-order valence-corrected chi connectivity index (χ4v) is 2.96. The van der Waals surface area contributed by atoms with Crippen molar-refractivity contribution in [2.24, 2.45) is 0 Å². The van der Waals surface area contributed by atoms with Gasteiger partial charge in [-0.3, -0.25) is 4.79 Å². The average Bonchev–Trinajstić information content (AvgIpc) is 2.57. The van der Waals surface area contributed by atoms with Crippen LogP contribution in [0.25, 0.3) is 0 Å². The van der Waals surface area contributed by atoms with Crippen molar-refractivity contribution >= 4 is 5.91 Å². The van der Waals surface area contributed by atoms with Gasteiger partial charge in [-0.15, -0.1) is 0 Å². The minimum absolute atomic E-state index is 0.258. The molecule has 0 fully saturated rings. The van der Waals surface area contributed by atoms with Gasteiger partial charge in [-0.25, -0.2) is 0 Å². The van der Waals surface area contributed by atoms with Gasteiger partial charge >= 0.3 is 0 Å². The van der Waals surface area contributed by atoms with E-state index in [1.165, 1.54) is 96.3 Å². The predicted octanol–water partition coefficient (Wildman–Crippen LogP) is 5.36. The molecule has 3 heteroatoms. The summed E-state index contributed by atoms with van der Waals surface area (Å²) in [7, 11) is 0. The molecule has 0 saturated heterocycles. The molecule has 0 unspecified atom stereocenters. The van der Waals surface area contributed by atoms with Gasteiger partial charge in [-0.2, -0.15) is 0 Å². The van der Waals surface area contributed by atoms with Crippen LogP contribution in [0.4, 0.5) is 0 Å². The molecule has 0 aromatic carbocycles. The zero-order chi connectivity index (χ0) is 17.0. The van der Waals surface area contributed by atoms with Crippen molar-refractivity contribution in [1.82, 2.24) is 5.32 Å². The zero-order valence-electron chi connectivity index (χ0n) is 15.6. The standard InChI is InChI=1S/C20H41NO2/c1-2-3-4-5-6-7-8-9-10-11-12-13-14-15-16-17-18-21-20(23)19-22/h22H,2-19H2,1H3,(H,21,23). The number of carbonyl (C=O) groups is 1. The van der Waals surface area contributed by atoms with Crippen LogP contribution in [-0.2, 0) is 4.79 Å². The number of unbranched alkanes of at least 4 members (excludes halogenated alkanes) is 15. The number of amides is 1. The van der Waals surface area contributed by atoms with E-state index in [1.807, 2.05) is 0 Å². The number of aliphatic hydroxyl groups is 1. The first-order chi connectivity index (χ1) is 11.3. The molecule has 1 amide bonds. The van der Waals surface area contributed by atoms with Crippen LogP contribution < -0.4 is 5.32 Å². The average molecular weight is 328 g/mol. The lowest BCUT2D eigenvalue weighted by molar-refractivity contribution is -0.123. The van der Waals surface area contributed by atoms with Gasteiger partial charge in [0.25, 0.3) is 0 Å². The molecule has 0 atom stereocenters. The molecule has 0 aliphatic heterocycles. The fourth-order valence-electron chi connectivity index (χ4n) is 2.96. The van der Waals surface area contributed by atoms with Gasteiger partial charge < -0.3 is 10.4 Å². The third kappa shape index (κ3) is 19.4. The van der Waals surface area contributed by atoms with Gasteiger partial charge in [0.1, 0.15) is 6.61 Å². The lowest BCUT2D eigenvalue weighted by Crippen LogP contribution is -2.26. The number of rotatable bonds is 18. The summed E-state index contributed by atoms with van der Waals surface area (Å²) in [5, 5.41) is 11.3. The Kier molecular flexibility index (Phi) is 19.0. The van der Waals surface area contributed by atoms with E-state index in [9.17, 15) is 4.79 Å². The van der Waals surface area contributed by atoms with Crippen LogP contribution in [0.2, 0.25) is 0 Å². The molecule has 0 heterocycles. The van der Waals surface area contributed by atoms with Crippen molar-refractivity contribution in [2.45, 2.75) is 110 Å². The Balaban J connectivity index is 2.99. The third-order valence-electron chi connectivity index (χ3n) is 4.50. The second-order valence-electron chi connectivity index (χ2n) is 6.81. The number of hydrogen-bond acceptors (Lipinski definition) is 2. The van der Waals surface area contributed by atoms with E-state index in [-0.39, 0.29) is 5.91 Å². The van der Waals surface area contributed by atoms with E-state index in [0.29, 0.717) is 6.54 Å². The molecule has 0 rings (SSSR count). The Bertz CT molecular complexity index is 244. The quantitative estimate of drug-likeness (QED) is 0.333. The molecule has 3 nitrogen and oxygen atoms in total. The summed E-state index contributed by atoms with van der Waals surface area (Å²) >= 11 is 0. The maximum absolute atomic E-state index is 10.8. The van der Waals surface area contributed by atoms with Crippen LogP contribution >= 0.6 is 0 Å². The summed E-state index contributed by atoms with van der Waals surface area (Å²) in [4.78, 5) is 10.8. The van der Waals surface area contributed by atoms with E-state index in [2.05, 4.69) is 12.2 Å². The zero-order valence-corrected chi connectivity index (χ0v) is 15.6. The summed E-state index contributed by atoms with van der Waals surface area (Å²) in [5.41, 5.74) is 0. The SMILES string of the molecule is CCCCCCCCCCCCCCCCCCNC(=O)CO. The van der Waals surface area contributed by atoms with Crippen LogP contribution in [-0.4, -0.2) is 24.2 Å². The first-order valence-electron chi connectivity index (χ1n) is 10.2. The molecule has 138 valence electrons. The molecule has 0 saturated carbocycles. The molecular weight excluding hydrogens is 286 g/mol. The summed E-state index contributed by atoms with van der Waals surface area (Å²) in [5.74, 6) is -0.258. The van der Waals surface area contributed by atoms with Crippen LogP contribution in [0, 0.1) is 0 Å². The van der Waals surface area contributed by atoms with Gasteiger partial charge in [-0.1, -0.05) is 103 Å². The van der Waals surface area contributed by atoms with E-state index in [4.69, 9.17) is 5.11 Å². The number of hydrogen-bond donors (Lipinski definition) is 2. The predicted molar refractivity (Wildman–Crippen MR) is 99.6 cm³/mol. The molecular formula is C20H41NO2. The van der Waals surface area contributed by atoms with Gasteiger partial charge in [0, 0.05) is 6.54 Å². The lowest BCUT2D eigenvalue weighted by atomic mass is 10.0. The van der Waals surface area contributed by atoms with Gasteiger partial charge in [0.05, 0.1) is 0 Å². The molecule has 0 aromatic rings. The van der Waals surface area contributed by atoms with Crippen molar-refractivity contribution in [1.29, 1.82) is 0 Å². The molecule has 0 aliphatic rings. The van der Waals surface area contributed by atoms with Crippen LogP contribution in [0.1, 0.15) is 110 Å². The van der Waals surface area contributed by atoms with Gasteiger partial charge in [0.2, 0.25) is 5.91 Å². The molecule has 0 aromatic heterocycles. The number of nitrogens with one attached hydrogen (secondary N) is 1. The van der Waals surface area contributed by atoms with Gasteiger partial charge in [0.15, 0.2) is 0 Å². The summed E-state index contributed by atoms with van der Waals surface area (Å²) in [6, 6.07) is 0. The monoisotopic (exact) mass is 327 g/mol. The molecule has 0 bridgehead atoms. The fraction of sp³-hybridized carbons (Fsp3) is 0.950. The van der Waals surface area contributed by atoms with Crippen molar-refractivity contribution in [3.8, 4) is 0 Å². The summed E-state index contributed by atoms with van der Waals surface area (Å²) < 4.78 is 0. The van der Waals surface area contributed by atoms with Crippen molar-refractivity contribution in [2.75, 3.05) is 13.2 Å². The Morgan fingerprint density at radius 3 is 1.35 bits per heavy atom. The highest BCUT2D eigenvalue weighted by Crippen LogP contribution is 2.13. The van der Waals surface area contributed by atoms with E-state index < -0.39 is 6.61 Å². The minimum Gasteiger partial charge on any atom is -0.387 e. The maximum Gasteiger partial charge on any atom is 0.245 e. The van der Waals surface area contributed by atoms with Gasteiger partial charge in [-0.05, 0) is 6.42 Å². The lowest BCUT2D eigenvalue weighted by Gasteiger charge is -2.04. The third-order valence-corrected chi connectivity index (χ3v) is 4.50. The molecule has 23 heavy (non-hydrogen) atoms. The van der Waals surface area contributed by atoms with Crippen LogP contribution in [0.3, 0.4) is 0 Å². The Morgan fingerprint density at radius 1 is 0.652 bits per heavy atom. The van der Waals surface area contributed by atoms with Crippen LogP contribution in [0.15, 0.2) is 0 Å². The number of carbonyl (C=O) groups excluding carboxylic acids is 1. The Labute approximate surface area is 144 Å². The highest BCUT2D eigenvalue weighted by molar-refractivity contribution is 5.76. The largest absolute Gasteiger partial charge is 0.387 e. The smallest absolute Gasteiger partial charge is 0.245 e. The van der Waals surface area contributed by atoms with E-state index in [0.717, 1.165) is 6.42 Å². The Morgan fingerprint density at radius 2 is 1.00 bits per heavy atom. The first kappa shape index (κ1) is 22.4. The van der Waals surface area contributed by atoms with Crippen molar-refractivity contribution in [3.05, 3.63) is 0 Å². The topological polar surface area (TPSA) is 49.3 Å². The highest BCUT2D eigenvalue weighted by atomic mass is 16.3. The molecule has 0 aliphatic carbocycles. The van der Waals surface area contributed by atoms with Crippen molar-refractivity contribution in [3.63, 3.8) is 0 Å². The minimum atomic E-state index is -0.390. The first-order valence-corrected chi connectivity index (χ1v) is 10.2. The summed E-state index contributed by atoms with van der Waals surface area (Å²) in [6.07, 6.45) is 21.8. The van der Waals surface area contributed by atoms with Crippen molar-refractivity contribution < 1.29 is 9.90 Å². The normalized spacial score (nSPS) is 10.9. The number of aliphatic hydroxyl groups excluding tert-OH is 1. The molecule has 0 spiro atoms. The highest BCUT2D eigenvalue weighted by Gasteiger charge is 1.97. The Hall–Kier alpha value is -0.570.